The predicted molar refractivity (Wildman–Crippen MR) is 64.6 cm³/mol. The number of hydrogen-bond acceptors (Lipinski definition) is 3. The number of amides is 1. The van der Waals surface area contributed by atoms with Crippen molar-refractivity contribution in [2.24, 2.45) is 5.92 Å². The zero-order valence-electron chi connectivity index (χ0n) is 10.4. The minimum absolute atomic E-state index is 0.113. The van der Waals surface area contributed by atoms with Crippen LogP contribution in [0.1, 0.15) is 47.3 Å². The smallest absolute Gasteiger partial charge is 0.371 e. The number of hydrogen-bond donors (Lipinski definition) is 1. The van der Waals surface area contributed by atoms with Crippen LogP contribution in [0.5, 0.6) is 0 Å². The first-order valence-corrected chi connectivity index (χ1v) is 6.20. The second-order valence-electron chi connectivity index (χ2n) is 4.82. The van der Waals surface area contributed by atoms with E-state index in [1.165, 1.54) is 12.1 Å². The molecule has 1 unspecified atom stereocenters. The van der Waals surface area contributed by atoms with Crippen molar-refractivity contribution >= 4 is 11.9 Å². The van der Waals surface area contributed by atoms with Crippen molar-refractivity contribution < 1.29 is 19.1 Å². The third-order valence-corrected chi connectivity index (χ3v) is 3.22. The van der Waals surface area contributed by atoms with Gasteiger partial charge in [0.2, 0.25) is 5.76 Å². The van der Waals surface area contributed by atoms with E-state index in [1.807, 2.05) is 0 Å². The Morgan fingerprint density at radius 2 is 2.06 bits per heavy atom. The SMILES string of the molecule is CC1CCCCN(C(=O)c2ccc(C(=O)O)o2)C1. The lowest BCUT2D eigenvalue weighted by Gasteiger charge is -2.21. The standard InChI is InChI=1S/C13H17NO4/c1-9-4-2-3-7-14(8-9)12(15)10-5-6-11(18-10)13(16)17/h5-6,9H,2-4,7-8H2,1H3,(H,16,17). The molecule has 5 heteroatoms. The molecule has 1 aliphatic rings. The van der Waals surface area contributed by atoms with Crippen LogP contribution in [0.25, 0.3) is 0 Å². The quantitative estimate of drug-likeness (QED) is 0.875. The first-order chi connectivity index (χ1) is 8.58. The molecule has 1 aromatic rings. The maximum Gasteiger partial charge on any atom is 0.371 e. The minimum Gasteiger partial charge on any atom is -0.475 e. The molecule has 0 aliphatic carbocycles. The molecular formula is C13H17NO4. The van der Waals surface area contributed by atoms with Gasteiger partial charge in [-0.05, 0) is 30.9 Å². The highest BCUT2D eigenvalue weighted by Gasteiger charge is 2.23. The fourth-order valence-corrected chi connectivity index (χ4v) is 2.26. The second kappa shape index (κ2) is 5.25. The maximum atomic E-state index is 12.2. The molecule has 1 saturated heterocycles. The van der Waals surface area contributed by atoms with E-state index in [4.69, 9.17) is 9.52 Å². The summed E-state index contributed by atoms with van der Waals surface area (Å²) in [4.78, 5) is 24.6. The number of nitrogens with zero attached hydrogens (tertiary/aromatic N) is 1. The van der Waals surface area contributed by atoms with E-state index in [0.29, 0.717) is 19.0 Å². The summed E-state index contributed by atoms with van der Waals surface area (Å²) in [6, 6.07) is 2.75. The topological polar surface area (TPSA) is 70.8 Å². The number of furan rings is 1. The molecule has 2 rings (SSSR count). The van der Waals surface area contributed by atoms with Crippen molar-refractivity contribution in [3.8, 4) is 0 Å². The lowest BCUT2D eigenvalue weighted by molar-refractivity contribution is 0.0647. The molecule has 0 radical (unpaired) electrons. The minimum atomic E-state index is -1.15. The molecule has 1 N–H and O–H groups in total. The van der Waals surface area contributed by atoms with Crippen molar-refractivity contribution in [3.63, 3.8) is 0 Å². The van der Waals surface area contributed by atoms with Gasteiger partial charge in [0.05, 0.1) is 0 Å². The van der Waals surface area contributed by atoms with Crippen LogP contribution in [-0.2, 0) is 0 Å². The van der Waals surface area contributed by atoms with Crippen LogP contribution in [-0.4, -0.2) is 35.0 Å². The van der Waals surface area contributed by atoms with E-state index in [9.17, 15) is 9.59 Å². The number of likely N-dealkylation sites (tertiary alicyclic amines) is 1. The van der Waals surface area contributed by atoms with Gasteiger partial charge in [0.25, 0.3) is 5.91 Å². The molecule has 1 atom stereocenters. The molecule has 1 amide bonds. The van der Waals surface area contributed by atoms with Gasteiger partial charge in [-0.25, -0.2) is 4.79 Å². The molecule has 18 heavy (non-hydrogen) atoms. The zero-order valence-corrected chi connectivity index (χ0v) is 10.4. The highest BCUT2D eigenvalue weighted by molar-refractivity contribution is 5.93. The van der Waals surface area contributed by atoms with Gasteiger partial charge in [-0.2, -0.15) is 0 Å². The van der Waals surface area contributed by atoms with Gasteiger partial charge in [-0.15, -0.1) is 0 Å². The van der Waals surface area contributed by atoms with Crippen LogP contribution >= 0.6 is 0 Å². The lowest BCUT2D eigenvalue weighted by atomic mass is 10.1. The fraction of sp³-hybridized carbons (Fsp3) is 0.538. The summed E-state index contributed by atoms with van der Waals surface area (Å²) >= 11 is 0. The van der Waals surface area contributed by atoms with Gasteiger partial charge in [-0.3, -0.25) is 4.79 Å². The summed E-state index contributed by atoms with van der Waals surface area (Å²) < 4.78 is 5.05. The summed E-state index contributed by atoms with van der Waals surface area (Å²) in [5.41, 5.74) is 0. The van der Waals surface area contributed by atoms with Gasteiger partial charge in [-0.1, -0.05) is 13.3 Å². The van der Waals surface area contributed by atoms with Gasteiger partial charge in [0, 0.05) is 13.1 Å². The van der Waals surface area contributed by atoms with Gasteiger partial charge < -0.3 is 14.4 Å². The van der Waals surface area contributed by atoms with Crippen LogP contribution in [0.3, 0.4) is 0 Å². The summed E-state index contributed by atoms with van der Waals surface area (Å²) in [6.07, 6.45) is 3.24. The van der Waals surface area contributed by atoms with Crippen molar-refractivity contribution in [2.75, 3.05) is 13.1 Å². The van der Waals surface area contributed by atoms with Crippen molar-refractivity contribution in [1.82, 2.24) is 4.90 Å². The first-order valence-electron chi connectivity index (χ1n) is 6.20. The van der Waals surface area contributed by atoms with Gasteiger partial charge >= 0.3 is 5.97 Å². The van der Waals surface area contributed by atoms with Gasteiger partial charge in [0.15, 0.2) is 5.76 Å². The lowest BCUT2D eigenvalue weighted by Crippen LogP contribution is -2.33. The normalized spacial score (nSPS) is 20.5. The van der Waals surface area contributed by atoms with E-state index in [0.717, 1.165) is 19.3 Å². The van der Waals surface area contributed by atoms with Crippen LogP contribution in [0, 0.1) is 5.92 Å². The number of carboxylic acid groups (broad SMARTS) is 1. The molecular weight excluding hydrogens is 234 g/mol. The number of rotatable bonds is 2. The monoisotopic (exact) mass is 251 g/mol. The molecule has 0 spiro atoms. The Morgan fingerprint density at radius 1 is 1.33 bits per heavy atom. The third-order valence-electron chi connectivity index (χ3n) is 3.22. The Hall–Kier alpha value is -1.78. The Kier molecular flexibility index (Phi) is 3.69. The molecule has 0 saturated carbocycles. The summed E-state index contributed by atoms with van der Waals surface area (Å²) in [5.74, 6) is -0.970. The van der Waals surface area contributed by atoms with Crippen LogP contribution in [0.2, 0.25) is 0 Å². The Morgan fingerprint density at radius 3 is 2.72 bits per heavy atom. The summed E-state index contributed by atoms with van der Waals surface area (Å²) in [7, 11) is 0. The van der Waals surface area contributed by atoms with Crippen molar-refractivity contribution in [3.05, 3.63) is 23.7 Å². The average Bonchev–Trinajstić information content (AvgIpc) is 2.72. The molecule has 0 bridgehead atoms. The van der Waals surface area contributed by atoms with Crippen LogP contribution in [0.4, 0.5) is 0 Å². The van der Waals surface area contributed by atoms with E-state index in [1.54, 1.807) is 4.90 Å². The maximum absolute atomic E-state index is 12.2. The number of carbonyl (C=O) groups is 2. The number of carboxylic acids is 1. The molecule has 1 aromatic heterocycles. The Bertz CT molecular complexity index is 452. The molecule has 2 heterocycles. The Labute approximate surface area is 105 Å². The molecule has 1 fully saturated rings. The number of carbonyl (C=O) groups excluding carboxylic acids is 1. The van der Waals surface area contributed by atoms with Crippen molar-refractivity contribution in [2.45, 2.75) is 26.2 Å². The van der Waals surface area contributed by atoms with Crippen molar-refractivity contribution in [1.29, 1.82) is 0 Å². The summed E-state index contributed by atoms with van der Waals surface area (Å²) in [5, 5.41) is 8.76. The molecule has 98 valence electrons. The number of aromatic carboxylic acids is 1. The Balaban J connectivity index is 2.11. The largest absolute Gasteiger partial charge is 0.475 e. The zero-order chi connectivity index (χ0) is 13.1. The van der Waals surface area contributed by atoms with Crippen LogP contribution in [0.15, 0.2) is 16.5 Å². The molecule has 5 nitrogen and oxygen atoms in total. The second-order valence-corrected chi connectivity index (χ2v) is 4.82. The highest BCUT2D eigenvalue weighted by Crippen LogP contribution is 2.18. The van der Waals surface area contributed by atoms with E-state index in [2.05, 4.69) is 6.92 Å². The third kappa shape index (κ3) is 2.72. The van der Waals surface area contributed by atoms with E-state index >= 15 is 0 Å². The molecule has 0 aromatic carbocycles. The van der Waals surface area contributed by atoms with E-state index in [-0.39, 0.29) is 17.4 Å². The van der Waals surface area contributed by atoms with E-state index < -0.39 is 5.97 Å². The van der Waals surface area contributed by atoms with Gasteiger partial charge in [0.1, 0.15) is 0 Å². The first kappa shape index (κ1) is 12.7. The summed E-state index contributed by atoms with van der Waals surface area (Å²) in [6.45, 7) is 3.55. The van der Waals surface area contributed by atoms with Crippen LogP contribution < -0.4 is 0 Å². The highest BCUT2D eigenvalue weighted by atomic mass is 16.4. The fourth-order valence-electron chi connectivity index (χ4n) is 2.26. The molecule has 1 aliphatic heterocycles. The predicted octanol–water partition coefficient (Wildman–Crippen LogP) is 2.24. The average molecular weight is 251 g/mol.